The van der Waals surface area contributed by atoms with Crippen molar-refractivity contribution in [3.8, 4) is 11.5 Å². The van der Waals surface area contributed by atoms with Crippen molar-refractivity contribution in [3.05, 3.63) is 81.9 Å². The van der Waals surface area contributed by atoms with Gasteiger partial charge in [0, 0.05) is 18.0 Å². The van der Waals surface area contributed by atoms with E-state index in [2.05, 4.69) is 54.1 Å². The summed E-state index contributed by atoms with van der Waals surface area (Å²) in [7, 11) is 0. The SMILES string of the molecule is Cc1ccc(Cn2c(C(=O)NCc3ccc4c(c3)OCO4)cc3sc(C)cc32)cc1. The quantitative estimate of drug-likeness (QED) is 0.495. The smallest absolute Gasteiger partial charge is 0.268 e. The molecule has 1 amide bonds. The second kappa shape index (κ2) is 7.54. The Morgan fingerprint density at radius 1 is 1.00 bits per heavy atom. The molecule has 1 N–H and O–H groups in total. The summed E-state index contributed by atoms with van der Waals surface area (Å²) < 4.78 is 14.0. The molecule has 0 fully saturated rings. The van der Waals surface area contributed by atoms with E-state index >= 15 is 0 Å². The number of carbonyl (C=O) groups is 1. The molecule has 6 heteroatoms. The number of nitrogens with one attached hydrogen (secondary N) is 1. The third-order valence-electron chi connectivity index (χ3n) is 5.30. The Morgan fingerprint density at radius 2 is 1.77 bits per heavy atom. The highest BCUT2D eigenvalue weighted by molar-refractivity contribution is 7.19. The fourth-order valence-corrected chi connectivity index (χ4v) is 4.69. The lowest BCUT2D eigenvalue weighted by Crippen LogP contribution is -2.25. The van der Waals surface area contributed by atoms with E-state index in [-0.39, 0.29) is 12.7 Å². The lowest BCUT2D eigenvalue weighted by atomic mass is 10.1. The molecule has 0 aliphatic carbocycles. The third kappa shape index (κ3) is 3.55. The summed E-state index contributed by atoms with van der Waals surface area (Å²) in [5.74, 6) is 1.38. The lowest BCUT2D eigenvalue weighted by molar-refractivity contribution is 0.0942. The summed E-state index contributed by atoms with van der Waals surface area (Å²) in [5.41, 5.74) is 5.15. The molecule has 0 unspecified atom stereocenters. The second-order valence-corrected chi connectivity index (χ2v) is 8.87. The van der Waals surface area contributed by atoms with Crippen LogP contribution in [0, 0.1) is 13.8 Å². The lowest BCUT2D eigenvalue weighted by Gasteiger charge is -2.12. The normalized spacial score (nSPS) is 12.5. The summed E-state index contributed by atoms with van der Waals surface area (Å²) in [6.07, 6.45) is 0. The molecule has 0 spiro atoms. The number of hydrogen-bond acceptors (Lipinski definition) is 4. The van der Waals surface area contributed by atoms with Gasteiger partial charge in [-0.2, -0.15) is 0 Å². The van der Waals surface area contributed by atoms with Gasteiger partial charge in [-0.25, -0.2) is 0 Å². The highest BCUT2D eigenvalue weighted by Crippen LogP contribution is 2.33. The predicted octanol–water partition coefficient (Wildman–Crippen LogP) is 5.03. The highest BCUT2D eigenvalue weighted by atomic mass is 32.1. The summed E-state index contributed by atoms with van der Waals surface area (Å²) >= 11 is 1.71. The van der Waals surface area contributed by atoms with Crippen molar-refractivity contribution in [2.75, 3.05) is 6.79 Å². The molecule has 5 nitrogen and oxygen atoms in total. The Labute approximate surface area is 178 Å². The van der Waals surface area contributed by atoms with Gasteiger partial charge in [-0.15, -0.1) is 11.3 Å². The number of fused-ring (bicyclic) bond motifs is 2. The molecule has 3 heterocycles. The van der Waals surface area contributed by atoms with Crippen LogP contribution < -0.4 is 14.8 Å². The molecule has 2 aromatic heterocycles. The maximum Gasteiger partial charge on any atom is 0.268 e. The average Bonchev–Trinajstić information content (AvgIpc) is 3.42. The minimum atomic E-state index is -0.0826. The van der Waals surface area contributed by atoms with Gasteiger partial charge in [0.25, 0.3) is 5.91 Å². The Balaban J connectivity index is 1.40. The van der Waals surface area contributed by atoms with Gasteiger partial charge < -0.3 is 19.4 Å². The zero-order chi connectivity index (χ0) is 20.7. The van der Waals surface area contributed by atoms with E-state index in [1.54, 1.807) is 11.3 Å². The molecule has 1 aliphatic heterocycles. The molecule has 0 saturated heterocycles. The van der Waals surface area contributed by atoms with Crippen LogP contribution in [0.5, 0.6) is 11.5 Å². The van der Waals surface area contributed by atoms with Gasteiger partial charge in [0.15, 0.2) is 11.5 Å². The fourth-order valence-electron chi connectivity index (χ4n) is 3.72. The van der Waals surface area contributed by atoms with Crippen molar-refractivity contribution < 1.29 is 14.3 Å². The Bertz CT molecular complexity index is 1240. The monoisotopic (exact) mass is 418 g/mol. The van der Waals surface area contributed by atoms with Crippen molar-refractivity contribution in [1.82, 2.24) is 9.88 Å². The second-order valence-electron chi connectivity index (χ2n) is 7.58. The van der Waals surface area contributed by atoms with Gasteiger partial charge in [-0.3, -0.25) is 4.79 Å². The summed E-state index contributed by atoms with van der Waals surface area (Å²) in [6, 6.07) is 18.3. The maximum absolute atomic E-state index is 13.1. The van der Waals surface area contributed by atoms with Gasteiger partial charge in [-0.05, 0) is 49.2 Å². The van der Waals surface area contributed by atoms with Gasteiger partial charge in [-0.1, -0.05) is 35.9 Å². The van der Waals surface area contributed by atoms with Crippen LogP contribution in [0.15, 0.2) is 54.6 Å². The zero-order valence-electron chi connectivity index (χ0n) is 16.9. The number of benzene rings is 2. The zero-order valence-corrected chi connectivity index (χ0v) is 17.7. The number of aromatic nitrogens is 1. The van der Waals surface area contributed by atoms with Crippen molar-refractivity contribution >= 4 is 27.5 Å². The van der Waals surface area contributed by atoms with Crippen LogP contribution in [0.1, 0.15) is 32.1 Å². The van der Waals surface area contributed by atoms with Crippen LogP contribution in [0.2, 0.25) is 0 Å². The average molecular weight is 419 g/mol. The molecule has 30 heavy (non-hydrogen) atoms. The fraction of sp³-hybridized carbons (Fsp3) is 0.208. The van der Waals surface area contributed by atoms with Crippen molar-refractivity contribution in [3.63, 3.8) is 0 Å². The minimum Gasteiger partial charge on any atom is -0.454 e. The number of carbonyl (C=O) groups excluding carboxylic acids is 1. The van der Waals surface area contributed by atoms with Crippen LogP contribution in [0.3, 0.4) is 0 Å². The number of ether oxygens (including phenoxy) is 2. The first-order chi connectivity index (χ1) is 14.6. The number of amides is 1. The van der Waals surface area contributed by atoms with Crippen LogP contribution >= 0.6 is 11.3 Å². The Hall–Kier alpha value is -3.25. The van der Waals surface area contributed by atoms with E-state index in [0.29, 0.717) is 18.8 Å². The summed E-state index contributed by atoms with van der Waals surface area (Å²) in [4.78, 5) is 14.3. The molecule has 2 aromatic carbocycles. The molecule has 1 aliphatic rings. The largest absolute Gasteiger partial charge is 0.454 e. The van der Waals surface area contributed by atoms with Crippen LogP contribution in [-0.4, -0.2) is 17.3 Å². The van der Waals surface area contributed by atoms with Crippen molar-refractivity contribution in [2.24, 2.45) is 0 Å². The molecule has 4 aromatic rings. The number of hydrogen-bond donors (Lipinski definition) is 1. The first-order valence-corrected chi connectivity index (χ1v) is 10.7. The number of rotatable bonds is 5. The van der Waals surface area contributed by atoms with E-state index in [1.165, 1.54) is 16.0 Å². The van der Waals surface area contributed by atoms with Crippen molar-refractivity contribution in [1.29, 1.82) is 0 Å². The number of aryl methyl sites for hydroxylation is 2. The van der Waals surface area contributed by atoms with Gasteiger partial charge in [0.2, 0.25) is 6.79 Å². The van der Waals surface area contributed by atoms with E-state index in [1.807, 2.05) is 24.3 Å². The standard InChI is InChI=1S/C24H22N2O3S/c1-15-3-5-17(6-4-15)13-26-19-9-16(2)30-23(19)11-20(26)24(27)25-12-18-7-8-21-22(10-18)29-14-28-21/h3-11H,12-14H2,1-2H3,(H,25,27). The highest BCUT2D eigenvalue weighted by Gasteiger charge is 2.18. The molecular formula is C24H22N2O3S. The first-order valence-electron chi connectivity index (χ1n) is 9.89. The summed E-state index contributed by atoms with van der Waals surface area (Å²) in [6.45, 7) is 5.51. The molecule has 0 bridgehead atoms. The summed E-state index contributed by atoms with van der Waals surface area (Å²) in [5, 5.41) is 3.06. The Morgan fingerprint density at radius 3 is 2.60 bits per heavy atom. The first kappa shape index (κ1) is 18.8. The molecule has 152 valence electrons. The molecule has 0 atom stereocenters. The van der Waals surface area contributed by atoms with E-state index in [0.717, 1.165) is 27.3 Å². The van der Waals surface area contributed by atoms with Crippen LogP contribution in [-0.2, 0) is 13.1 Å². The molecule has 0 radical (unpaired) electrons. The van der Waals surface area contributed by atoms with E-state index in [9.17, 15) is 4.79 Å². The van der Waals surface area contributed by atoms with E-state index in [4.69, 9.17) is 9.47 Å². The molecule has 0 saturated carbocycles. The van der Waals surface area contributed by atoms with Crippen LogP contribution in [0.4, 0.5) is 0 Å². The minimum absolute atomic E-state index is 0.0826. The molecular weight excluding hydrogens is 396 g/mol. The van der Waals surface area contributed by atoms with E-state index < -0.39 is 0 Å². The van der Waals surface area contributed by atoms with Gasteiger partial charge >= 0.3 is 0 Å². The van der Waals surface area contributed by atoms with Gasteiger partial charge in [0.1, 0.15) is 5.69 Å². The maximum atomic E-state index is 13.1. The van der Waals surface area contributed by atoms with Crippen molar-refractivity contribution in [2.45, 2.75) is 26.9 Å². The predicted molar refractivity (Wildman–Crippen MR) is 119 cm³/mol. The topological polar surface area (TPSA) is 52.5 Å². The Kier molecular flexibility index (Phi) is 4.71. The number of nitrogens with zero attached hydrogens (tertiary/aromatic N) is 1. The number of thiophene rings is 1. The van der Waals surface area contributed by atoms with Crippen LogP contribution in [0.25, 0.3) is 10.2 Å². The third-order valence-corrected chi connectivity index (χ3v) is 6.28. The molecule has 5 rings (SSSR count). The van der Waals surface area contributed by atoms with Gasteiger partial charge in [0.05, 0.1) is 10.2 Å².